The summed E-state index contributed by atoms with van der Waals surface area (Å²) in [7, 11) is 1.68. The summed E-state index contributed by atoms with van der Waals surface area (Å²) in [6.07, 6.45) is 4.99. The lowest BCUT2D eigenvalue weighted by Gasteiger charge is -2.28. The smallest absolute Gasteiger partial charge is 0.228 e. The van der Waals surface area contributed by atoms with Crippen molar-refractivity contribution in [3.63, 3.8) is 0 Å². The van der Waals surface area contributed by atoms with Crippen LogP contribution in [0.3, 0.4) is 0 Å². The Balaban J connectivity index is 1.57. The predicted octanol–water partition coefficient (Wildman–Crippen LogP) is 3.56. The second-order valence-electron chi connectivity index (χ2n) is 7.77. The molecule has 1 fully saturated rings. The van der Waals surface area contributed by atoms with Gasteiger partial charge in [0.25, 0.3) is 0 Å². The first-order valence-corrected chi connectivity index (χ1v) is 11.0. The molecule has 5 nitrogen and oxygen atoms in total. The first-order chi connectivity index (χ1) is 14.6. The van der Waals surface area contributed by atoms with Gasteiger partial charge in [-0.3, -0.25) is 14.6 Å². The normalized spacial score (nSPS) is 18.4. The van der Waals surface area contributed by atoms with Crippen LogP contribution in [-0.2, 0) is 22.4 Å². The summed E-state index contributed by atoms with van der Waals surface area (Å²) in [5.74, 6) is 0.0421. The SMILES string of the molecule is CNC(=O)[C@]1(Cc2ccccc2-c2cccs2)CCN(C(=O)Cc2cccnc2)C1. The number of likely N-dealkylation sites (tertiary alicyclic amines) is 1. The largest absolute Gasteiger partial charge is 0.359 e. The molecular formula is C24H25N3O2S. The van der Waals surface area contributed by atoms with Crippen LogP contribution in [0.25, 0.3) is 10.4 Å². The minimum absolute atomic E-state index is 0.000149. The number of benzene rings is 1. The van der Waals surface area contributed by atoms with E-state index in [1.807, 2.05) is 35.2 Å². The van der Waals surface area contributed by atoms with Crippen molar-refractivity contribution in [2.45, 2.75) is 19.3 Å². The molecular weight excluding hydrogens is 394 g/mol. The lowest BCUT2D eigenvalue weighted by Crippen LogP contribution is -2.44. The summed E-state index contributed by atoms with van der Waals surface area (Å²) < 4.78 is 0. The third-order valence-electron chi connectivity index (χ3n) is 5.83. The van der Waals surface area contributed by atoms with Crippen molar-refractivity contribution in [3.8, 4) is 10.4 Å². The summed E-state index contributed by atoms with van der Waals surface area (Å²) in [4.78, 5) is 33.0. The minimum Gasteiger partial charge on any atom is -0.359 e. The number of nitrogens with one attached hydrogen (secondary N) is 1. The van der Waals surface area contributed by atoms with E-state index in [1.54, 1.807) is 30.8 Å². The molecule has 4 rings (SSSR count). The molecule has 2 amide bonds. The van der Waals surface area contributed by atoms with E-state index in [4.69, 9.17) is 0 Å². The van der Waals surface area contributed by atoms with Gasteiger partial charge in [0.2, 0.25) is 11.8 Å². The highest BCUT2D eigenvalue weighted by atomic mass is 32.1. The summed E-state index contributed by atoms with van der Waals surface area (Å²) in [5, 5.41) is 4.91. The molecule has 3 heterocycles. The number of hydrogen-bond donors (Lipinski definition) is 1. The van der Waals surface area contributed by atoms with Crippen LogP contribution in [0.2, 0.25) is 0 Å². The van der Waals surface area contributed by atoms with Crippen molar-refractivity contribution in [2.75, 3.05) is 20.1 Å². The van der Waals surface area contributed by atoms with Crippen molar-refractivity contribution >= 4 is 23.2 Å². The first kappa shape index (κ1) is 20.3. The molecule has 6 heteroatoms. The third-order valence-corrected chi connectivity index (χ3v) is 6.73. The maximum atomic E-state index is 13.0. The van der Waals surface area contributed by atoms with Gasteiger partial charge in [0.05, 0.1) is 11.8 Å². The molecule has 0 unspecified atom stereocenters. The van der Waals surface area contributed by atoms with E-state index in [0.717, 1.165) is 16.7 Å². The predicted molar refractivity (Wildman–Crippen MR) is 119 cm³/mol. The monoisotopic (exact) mass is 419 g/mol. The number of hydrogen-bond acceptors (Lipinski definition) is 4. The van der Waals surface area contributed by atoms with E-state index in [1.165, 1.54) is 4.88 Å². The van der Waals surface area contributed by atoms with Gasteiger partial charge in [-0.05, 0) is 47.0 Å². The maximum Gasteiger partial charge on any atom is 0.228 e. The lowest BCUT2D eigenvalue weighted by molar-refractivity contribution is -0.132. The molecule has 0 saturated carbocycles. The fourth-order valence-electron chi connectivity index (χ4n) is 4.26. The van der Waals surface area contributed by atoms with Crippen molar-refractivity contribution in [1.29, 1.82) is 0 Å². The van der Waals surface area contributed by atoms with Crippen LogP contribution in [0.15, 0.2) is 66.3 Å². The van der Waals surface area contributed by atoms with E-state index in [9.17, 15) is 9.59 Å². The second-order valence-corrected chi connectivity index (χ2v) is 8.72. The molecule has 1 aliphatic heterocycles. The van der Waals surface area contributed by atoms with Gasteiger partial charge in [-0.25, -0.2) is 0 Å². The molecule has 1 aromatic carbocycles. The highest BCUT2D eigenvalue weighted by Gasteiger charge is 2.45. The van der Waals surface area contributed by atoms with Gasteiger partial charge in [0.1, 0.15) is 0 Å². The second kappa shape index (κ2) is 8.79. The molecule has 0 bridgehead atoms. The number of rotatable bonds is 6. The molecule has 3 aromatic rings. The van der Waals surface area contributed by atoms with Gasteiger partial charge in [-0.15, -0.1) is 11.3 Å². The number of pyridine rings is 1. The number of thiophene rings is 1. The minimum atomic E-state index is -0.618. The van der Waals surface area contributed by atoms with E-state index in [0.29, 0.717) is 32.4 Å². The highest BCUT2D eigenvalue weighted by molar-refractivity contribution is 7.13. The van der Waals surface area contributed by atoms with Crippen LogP contribution < -0.4 is 5.32 Å². The summed E-state index contributed by atoms with van der Waals surface area (Å²) >= 11 is 1.70. The number of amides is 2. The van der Waals surface area contributed by atoms with Crippen LogP contribution in [0.1, 0.15) is 17.5 Å². The molecule has 0 spiro atoms. The van der Waals surface area contributed by atoms with Crippen LogP contribution in [0.4, 0.5) is 0 Å². The summed E-state index contributed by atoms with van der Waals surface area (Å²) in [5.41, 5.74) is 2.58. The van der Waals surface area contributed by atoms with Gasteiger partial charge in [0.15, 0.2) is 0 Å². The first-order valence-electron chi connectivity index (χ1n) is 10.1. The van der Waals surface area contributed by atoms with Gasteiger partial charge >= 0.3 is 0 Å². The van der Waals surface area contributed by atoms with Crippen molar-refractivity contribution in [1.82, 2.24) is 15.2 Å². The quantitative estimate of drug-likeness (QED) is 0.665. The third kappa shape index (κ3) is 4.14. The van der Waals surface area contributed by atoms with Gasteiger partial charge < -0.3 is 10.2 Å². The van der Waals surface area contributed by atoms with Crippen LogP contribution in [-0.4, -0.2) is 41.8 Å². The molecule has 1 aliphatic rings. The standard InChI is InChI=1S/C24H25N3O2S/c1-25-23(29)24(15-19-7-2-3-8-20(19)21-9-5-13-30-21)10-12-27(17-24)22(28)14-18-6-4-11-26-16-18/h2-9,11,13,16H,10,12,14-15,17H2,1H3,(H,25,29)/t24-/m0/s1. The molecule has 1 N–H and O–H groups in total. The fourth-order valence-corrected chi connectivity index (χ4v) is 5.05. The van der Waals surface area contributed by atoms with E-state index in [2.05, 4.69) is 33.9 Å². The average Bonchev–Trinajstić information content (AvgIpc) is 3.45. The van der Waals surface area contributed by atoms with E-state index < -0.39 is 5.41 Å². The number of carbonyl (C=O) groups is 2. The van der Waals surface area contributed by atoms with Gasteiger partial charge in [-0.2, -0.15) is 0 Å². The zero-order chi connectivity index (χ0) is 21.0. The van der Waals surface area contributed by atoms with Crippen molar-refractivity contribution in [3.05, 3.63) is 77.4 Å². The number of carbonyl (C=O) groups excluding carboxylic acids is 2. The average molecular weight is 420 g/mol. The molecule has 30 heavy (non-hydrogen) atoms. The van der Waals surface area contributed by atoms with Crippen LogP contribution in [0, 0.1) is 5.41 Å². The van der Waals surface area contributed by atoms with E-state index >= 15 is 0 Å². The molecule has 1 saturated heterocycles. The topological polar surface area (TPSA) is 62.3 Å². The maximum absolute atomic E-state index is 13.0. The summed E-state index contributed by atoms with van der Waals surface area (Å²) in [6, 6.07) is 16.1. The molecule has 1 atom stereocenters. The molecule has 2 aromatic heterocycles. The van der Waals surface area contributed by atoms with Crippen LogP contribution in [0.5, 0.6) is 0 Å². The Labute approximate surface area is 180 Å². The molecule has 0 aliphatic carbocycles. The zero-order valence-corrected chi connectivity index (χ0v) is 17.8. The Morgan fingerprint density at radius 3 is 2.77 bits per heavy atom. The Morgan fingerprint density at radius 2 is 2.03 bits per heavy atom. The zero-order valence-electron chi connectivity index (χ0n) is 17.0. The van der Waals surface area contributed by atoms with Crippen molar-refractivity contribution < 1.29 is 9.59 Å². The summed E-state index contributed by atoms with van der Waals surface area (Å²) in [6.45, 7) is 1.03. The number of nitrogens with zero attached hydrogens (tertiary/aromatic N) is 2. The Kier molecular flexibility index (Phi) is 5.95. The van der Waals surface area contributed by atoms with Crippen molar-refractivity contribution in [2.24, 2.45) is 5.41 Å². The number of aromatic nitrogens is 1. The molecule has 154 valence electrons. The van der Waals surface area contributed by atoms with Gasteiger partial charge in [0, 0.05) is 37.4 Å². The molecule has 0 radical (unpaired) electrons. The Morgan fingerprint density at radius 1 is 1.17 bits per heavy atom. The Bertz CT molecular complexity index is 1020. The Hall–Kier alpha value is -2.99. The van der Waals surface area contributed by atoms with Gasteiger partial charge in [-0.1, -0.05) is 36.4 Å². The lowest BCUT2D eigenvalue weighted by atomic mass is 9.78. The van der Waals surface area contributed by atoms with Crippen LogP contribution >= 0.6 is 11.3 Å². The fraction of sp³-hybridized carbons (Fsp3) is 0.292. The van der Waals surface area contributed by atoms with E-state index in [-0.39, 0.29) is 11.8 Å². The highest BCUT2D eigenvalue weighted by Crippen LogP contribution is 2.38.